The molecule has 2 unspecified atom stereocenters. The second-order valence-corrected chi connectivity index (χ2v) is 8.82. The van der Waals surface area contributed by atoms with Crippen LogP contribution in [0.1, 0.15) is 51.7 Å². The van der Waals surface area contributed by atoms with Gasteiger partial charge in [-0.1, -0.05) is 13.8 Å². The summed E-state index contributed by atoms with van der Waals surface area (Å²) in [6, 6.07) is 0.321. The molecule has 29 heavy (non-hydrogen) atoms. The molecule has 1 aromatic rings. The number of piperidine rings is 1. The summed E-state index contributed by atoms with van der Waals surface area (Å²) in [4.78, 5) is 12.1. The molecule has 0 spiro atoms. The Labute approximate surface area is 175 Å². The molecule has 0 radical (unpaired) electrons. The van der Waals surface area contributed by atoms with Crippen LogP contribution in [-0.2, 0) is 24.3 Å². The van der Waals surface area contributed by atoms with Crippen molar-refractivity contribution in [2.75, 3.05) is 39.8 Å². The third-order valence-electron chi connectivity index (χ3n) is 5.59. The van der Waals surface area contributed by atoms with E-state index >= 15 is 0 Å². The standard InChI is InChI=1S/C21H39N7O/c1-5-22-21(23-11-17-7-6-10-27(13-17)12-16(2)3)24-18-8-9-20-25-19(15-29-4)26-28(20)14-18/h16-18H,5-15H2,1-4H3,(H2,22,23,24). The monoisotopic (exact) mass is 405 g/mol. The van der Waals surface area contributed by atoms with E-state index in [1.807, 2.05) is 4.68 Å². The van der Waals surface area contributed by atoms with Gasteiger partial charge in [0.25, 0.3) is 0 Å². The van der Waals surface area contributed by atoms with E-state index in [9.17, 15) is 0 Å². The number of rotatable bonds is 8. The van der Waals surface area contributed by atoms with E-state index in [4.69, 9.17) is 9.73 Å². The van der Waals surface area contributed by atoms with Gasteiger partial charge in [0.2, 0.25) is 0 Å². The number of hydrogen-bond donors (Lipinski definition) is 2. The van der Waals surface area contributed by atoms with Gasteiger partial charge in [-0.05, 0) is 44.6 Å². The van der Waals surface area contributed by atoms with E-state index in [2.05, 4.69) is 46.4 Å². The molecule has 1 saturated heterocycles. The van der Waals surface area contributed by atoms with Gasteiger partial charge in [0.1, 0.15) is 12.4 Å². The molecule has 0 bridgehead atoms. The van der Waals surface area contributed by atoms with Gasteiger partial charge in [0.15, 0.2) is 11.8 Å². The number of ether oxygens (including phenoxy) is 1. The molecule has 8 heteroatoms. The number of aryl methyl sites for hydroxylation is 1. The van der Waals surface area contributed by atoms with E-state index < -0.39 is 0 Å². The topological polar surface area (TPSA) is 79.6 Å². The van der Waals surface area contributed by atoms with Crippen molar-refractivity contribution in [2.24, 2.45) is 16.8 Å². The largest absolute Gasteiger partial charge is 0.377 e. The smallest absolute Gasteiger partial charge is 0.191 e. The summed E-state index contributed by atoms with van der Waals surface area (Å²) in [7, 11) is 1.68. The summed E-state index contributed by atoms with van der Waals surface area (Å²) < 4.78 is 7.18. The third-order valence-corrected chi connectivity index (χ3v) is 5.59. The van der Waals surface area contributed by atoms with Gasteiger partial charge < -0.3 is 20.3 Å². The Bertz CT molecular complexity index is 657. The Morgan fingerprint density at radius 1 is 1.31 bits per heavy atom. The number of hydrogen-bond acceptors (Lipinski definition) is 5. The molecule has 8 nitrogen and oxygen atoms in total. The molecular formula is C21H39N7O. The lowest BCUT2D eigenvalue weighted by atomic mass is 9.97. The van der Waals surface area contributed by atoms with E-state index in [1.54, 1.807) is 7.11 Å². The quantitative estimate of drug-likeness (QED) is 0.506. The van der Waals surface area contributed by atoms with Gasteiger partial charge in [-0.25, -0.2) is 9.67 Å². The van der Waals surface area contributed by atoms with Crippen molar-refractivity contribution in [3.05, 3.63) is 11.6 Å². The third kappa shape index (κ3) is 6.67. The molecule has 3 heterocycles. The minimum absolute atomic E-state index is 0.321. The van der Waals surface area contributed by atoms with Gasteiger partial charge >= 0.3 is 0 Å². The van der Waals surface area contributed by atoms with Crippen molar-refractivity contribution < 1.29 is 4.74 Å². The maximum absolute atomic E-state index is 5.16. The number of aliphatic imine (C=N–C) groups is 1. The summed E-state index contributed by atoms with van der Waals surface area (Å²) in [6.07, 6.45) is 4.55. The van der Waals surface area contributed by atoms with Crippen molar-refractivity contribution in [1.29, 1.82) is 0 Å². The Hall–Kier alpha value is -1.67. The minimum atomic E-state index is 0.321. The average Bonchev–Trinajstić information content (AvgIpc) is 3.08. The fourth-order valence-corrected chi connectivity index (χ4v) is 4.38. The van der Waals surface area contributed by atoms with E-state index in [1.165, 1.54) is 32.5 Å². The van der Waals surface area contributed by atoms with Crippen LogP contribution in [0.25, 0.3) is 0 Å². The number of fused-ring (bicyclic) bond motifs is 1. The second-order valence-electron chi connectivity index (χ2n) is 8.82. The number of aromatic nitrogens is 3. The summed E-state index contributed by atoms with van der Waals surface area (Å²) in [6.45, 7) is 13.4. The molecule has 2 aliphatic rings. The fraction of sp³-hybridized carbons (Fsp3) is 0.857. The maximum atomic E-state index is 5.16. The highest BCUT2D eigenvalue weighted by Gasteiger charge is 2.23. The van der Waals surface area contributed by atoms with Gasteiger partial charge in [-0.15, -0.1) is 0 Å². The highest BCUT2D eigenvalue weighted by Crippen LogP contribution is 2.18. The molecule has 164 valence electrons. The van der Waals surface area contributed by atoms with E-state index in [-0.39, 0.29) is 0 Å². The summed E-state index contributed by atoms with van der Waals surface area (Å²) in [5, 5.41) is 11.6. The molecule has 0 aromatic carbocycles. The predicted octanol–water partition coefficient (Wildman–Crippen LogP) is 1.66. The molecule has 3 rings (SSSR count). The zero-order valence-electron chi connectivity index (χ0n) is 18.7. The molecule has 2 N–H and O–H groups in total. The minimum Gasteiger partial charge on any atom is -0.377 e. The van der Waals surface area contributed by atoms with E-state index in [0.29, 0.717) is 18.6 Å². The molecule has 1 fully saturated rings. The normalized spacial score (nSPS) is 23.3. The summed E-state index contributed by atoms with van der Waals surface area (Å²) >= 11 is 0. The fourth-order valence-electron chi connectivity index (χ4n) is 4.38. The number of nitrogens with zero attached hydrogens (tertiary/aromatic N) is 5. The zero-order chi connectivity index (χ0) is 20.6. The van der Waals surface area contributed by atoms with Crippen molar-refractivity contribution >= 4 is 5.96 Å². The number of methoxy groups -OCH3 is 1. The zero-order valence-corrected chi connectivity index (χ0v) is 18.7. The molecule has 1 aromatic heterocycles. The van der Waals surface area contributed by atoms with Crippen LogP contribution in [0, 0.1) is 11.8 Å². The van der Waals surface area contributed by atoms with Gasteiger partial charge in [-0.3, -0.25) is 4.99 Å². The lowest BCUT2D eigenvalue weighted by molar-refractivity contribution is 0.162. The molecule has 2 atom stereocenters. The van der Waals surface area contributed by atoms with Crippen LogP contribution in [0.15, 0.2) is 4.99 Å². The van der Waals surface area contributed by atoms with Crippen LogP contribution in [0.2, 0.25) is 0 Å². The second kappa shape index (κ2) is 10.9. The molecular weight excluding hydrogens is 366 g/mol. The Kier molecular flexibility index (Phi) is 8.29. The number of nitrogens with one attached hydrogen (secondary N) is 2. The first-order valence-corrected chi connectivity index (χ1v) is 11.3. The predicted molar refractivity (Wildman–Crippen MR) is 116 cm³/mol. The average molecular weight is 406 g/mol. The van der Waals surface area contributed by atoms with E-state index in [0.717, 1.165) is 56.0 Å². The van der Waals surface area contributed by atoms with Crippen LogP contribution in [0.4, 0.5) is 0 Å². The highest BCUT2D eigenvalue weighted by molar-refractivity contribution is 5.80. The lowest BCUT2D eigenvalue weighted by Crippen LogP contribution is -2.47. The van der Waals surface area contributed by atoms with Crippen molar-refractivity contribution in [1.82, 2.24) is 30.3 Å². The summed E-state index contributed by atoms with van der Waals surface area (Å²) in [5.41, 5.74) is 0. The Morgan fingerprint density at radius 3 is 2.93 bits per heavy atom. The van der Waals surface area contributed by atoms with Crippen LogP contribution >= 0.6 is 0 Å². The van der Waals surface area contributed by atoms with Crippen LogP contribution in [0.5, 0.6) is 0 Å². The Balaban J connectivity index is 1.54. The molecule has 0 amide bonds. The van der Waals surface area contributed by atoms with Gasteiger partial charge in [0, 0.05) is 45.8 Å². The lowest BCUT2D eigenvalue weighted by Gasteiger charge is -2.33. The maximum Gasteiger partial charge on any atom is 0.191 e. The van der Waals surface area contributed by atoms with Gasteiger partial charge in [0.05, 0.1) is 6.54 Å². The van der Waals surface area contributed by atoms with Crippen molar-refractivity contribution in [3.63, 3.8) is 0 Å². The van der Waals surface area contributed by atoms with Crippen molar-refractivity contribution in [3.8, 4) is 0 Å². The van der Waals surface area contributed by atoms with Gasteiger partial charge in [-0.2, -0.15) is 5.10 Å². The molecule has 0 saturated carbocycles. The Morgan fingerprint density at radius 2 is 2.17 bits per heavy atom. The van der Waals surface area contributed by atoms with Crippen LogP contribution < -0.4 is 10.6 Å². The van der Waals surface area contributed by atoms with Crippen molar-refractivity contribution in [2.45, 2.75) is 65.6 Å². The molecule has 2 aliphatic heterocycles. The highest BCUT2D eigenvalue weighted by atomic mass is 16.5. The van der Waals surface area contributed by atoms with Crippen LogP contribution in [-0.4, -0.2) is 71.5 Å². The van der Waals surface area contributed by atoms with Crippen LogP contribution in [0.3, 0.4) is 0 Å². The number of likely N-dealkylation sites (tertiary alicyclic amines) is 1. The first-order chi connectivity index (χ1) is 14.1. The number of guanidine groups is 1. The first kappa shape index (κ1) is 22.0. The summed E-state index contributed by atoms with van der Waals surface area (Å²) in [5.74, 6) is 4.15. The molecule has 0 aliphatic carbocycles. The first-order valence-electron chi connectivity index (χ1n) is 11.3. The SMILES string of the molecule is CCNC(=NCC1CCCN(CC(C)C)C1)NC1CCc2nc(COC)nn2C1.